The highest BCUT2D eigenvalue weighted by Gasteiger charge is 2.67. The van der Waals surface area contributed by atoms with Crippen molar-refractivity contribution >= 4 is 29.2 Å². The fourth-order valence-electron chi connectivity index (χ4n) is 3.91. The Hall–Kier alpha value is -3.19. The van der Waals surface area contributed by atoms with Crippen molar-refractivity contribution in [1.82, 2.24) is 0 Å². The number of amides is 1. The largest absolute Gasteiger partial charge is 0.467 e. The molecular weight excluding hydrogens is 418 g/mol. The van der Waals surface area contributed by atoms with Crippen LogP contribution in [0.5, 0.6) is 0 Å². The number of aliphatic hydroxyl groups is 1. The van der Waals surface area contributed by atoms with E-state index in [1.54, 1.807) is 42.5 Å². The SMILES string of the molecule is COC(=O)[C@@](OCc1ccccc1)(c1ccccc1)[C@]1(O)C(=O)Nc2ccc(Cl)cc21. The lowest BCUT2D eigenvalue weighted by Gasteiger charge is -2.41. The molecule has 0 radical (unpaired) electrons. The molecule has 0 saturated carbocycles. The van der Waals surface area contributed by atoms with Crippen molar-refractivity contribution in [3.8, 4) is 0 Å². The van der Waals surface area contributed by atoms with Crippen molar-refractivity contribution in [2.45, 2.75) is 17.8 Å². The average molecular weight is 438 g/mol. The van der Waals surface area contributed by atoms with E-state index in [0.717, 1.165) is 5.56 Å². The molecule has 4 rings (SSSR count). The Balaban J connectivity index is 1.97. The van der Waals surface area contributed by atoms with E-state index in [1.807, 2.05) is 30.3 Å². The van der Waals surface area contributed by atoms with Crippen LogP contribution in [-0.2, 0) is 36.9 Å². The average Bonchev–Trinajstić information content (AvgIpc) is 3.06. The van der Waals surface area contributed by atoms with E-state index >= 15 is 0 Å². The maximum atomic E-state index is 13.4. The lowest BCUT2D eigenvalue weighted by Crippen LogP contribution is -2.60. The maximum absolute atomic E-state index is 13.4. The van der Waals surface area contributed by atoms with Crippen LogP contribution in [0.3, 0.4) is 0 Å². The van der Waals surface area contributed by atoms with Gasteiger partial charge in [-0.1, -0.05) is 72.3 Å². The summed E-state index contributed by atoms with van der Waals surface area (Å²) in [7, 11) is 1.18. The molecule has 1 aliphatic rings. The standard InChI is InChI=1S/C24H20ClNO5/c1-30-22(28)24(17-10-6-3-7-11-17,31-15-16-8-4-2-5-9-16)23(29)19-14-18(25)12-13-20(19)26-21(23)27/h2-14,29H,15H2,1H3,(H,26,27)/t23-,24+/m1/s1. The van der Waals surface area contributed by atoms with Gasteiger partial charge in [0.15, 0.2) is 0 Å². The molecule has 7 heteroatoms. The molecule has 1 amide bonds. The van der Waals surface area contributed by atoms with Gasteiger partial charge >= 0.3 is 5.97 Å². The molecule has 0 bridgehead atoms. The molecule has 158 valence electrons. The number of fused-ring (bicyclic) bond motifs is 1. The van der Waals surface area contributed by atoms with E-state index in [-0.39, 0.29) is 17.7 Å². The lowest BCUT2D eigenvalue weighted by molar-refractivity contribution is -0.220. The van der Waals surface area contributed by atoms with Gasteiger partial charge in [-0.05, 0) is 29.3 Å². The Bertz CT molecular complexity index is 1120. The molecule has 0 aromatic heterocycles. The first-order valence-corrected chi connectivity index (χ1v) is 9.97. The predicted octanol–water partition coefficient (Wildman–Crippen LogP) is 3.77. The number of anilines is 1. The van der Waals surface area contributed by atoms with Gasteiger partial charge in [-0.15, -0.1) is 0 Å². The second-order valence-electron chi connectivity index (χ2n) is 7.17. The second kappa shape index (κ2) is 8.15. The molecule has 31 heavy (non-hydrogen) atoms. The minimum Gasteiger partial charge on any atom is -0.467 e. The van der Waals surface area contributed by atoms with Crippen LogP contribution in [0.15, 0.2) is 78.9 Å². The van der Waals surface area contributed by atoms with Crippen LogP contribution in [0.4, 0.5) is 5.69 Å². The fourth-order valence-corrected chi connectivity index (χ4v) is 4.09. The molecule has 6 nitrogen and oxygen atoms in total. The third kappa shape index (κ3) is 3.29. The summed E-state index contributed by atoms with van der Waals surface area (Å²) in [4.78, 5) is 26.6. The van der Waals surface area contributed by atoms with Gasteiger partial charge in [-0.2, -0.15) is 0 Å². The molecule has 0 fully saturated rings. The highest BCUT2D eigenvalue weighted by atomic mass is 35.5. The minimum atomic E-state index is -2.43. The zero-order chi connectivity index (χ0) is 22.1. The van der Waals surface area contributed by atoms with Crippen molar-refractivity contribution < 1.29 is 24.2 Å². The maximum Gasteiger partial charge on any atom is 0.346 e. The Kier molecular flexibility index (Phi) is 5.54. The number of nitrogens with one attached hydrogen (secondary N) is 1. The molecule has 2 N–H and O–H groups in total. The Morgan fingerprint density at radius 3 is 2.35 bits per heavy atom. The topological polar surface area (TPSA) is 84.9 Å². The fraction of sp³-hybridized carbons (Fsp3) is 0.167. The first kappa shape index (κ1) is 21.1. The van der Waals surface area contributed by atoms with Crippen LogP contribution in [0, 0.1) is 0 Å². The summed E-state index contributed by atoms with van der Waals surface area (Å²) in [5, 5.41) is 14.9. The molecule has 2 atom stereocenters. The number of rotatable bonds is 6. The zero-order valence-corrected chi connectivity index (χ0v) is 17.4. The summed E-state index contributed by atoms with van der Waals surface area (Å²) >= 11 is 6.17. The summed E-state index contributed by atoms with van der Waals surface area (Å²) in [6.45, 7) is -0.0592. The normalized spacial score (nSPS) is 19.3. The first-order valence-electron chi connectivity index (χ1n) is 9.59. The second-order valence-corrected chi connectivity index (χ2v) is 7.60. The molecule has 0 spiro atoms. The number of hydrogen-bond donors (Lipinski definition) is 2. The van der Waals surface area contributed by atoms with Crippen molar-refractivity contribution in [3.05, 3.63) is 101 Å². The van der Waals surface area contributed by atoms with Crippen molar-refractivity contribution in [1.29, 1.82) is 0 Å². The van der Waals surface area contributed by atoms with Crippen molar-refractivity contribution in [3.63, 3.8) is 0 Å². The summed E-state index contributed by atoms with van der Waals surface area (Å²) < 4.78 is 11.3. The Morgan fingerprint density at radius 1 is 1.06 bits per heavy atom. The van der Waals surface area contributed by atoms with Crippen molar-refractivity contribution in [2.75, 3.05) is 12.4 Å². The lowest BCUT2D eigenvalue weighted by atomic mass is 9.73. The molecule has 0 unspecified atom stereocenters. The van der Waals surface area contributed by atoms with Gasteiger partial charge in [-0.3, -0.25) is 4.79 Å². The van der Waals surface area contributed by atoms with Crippen LogP contribution < -0.4 is 5.32 Å². The number of esters is 1. The van der Waals surface area contributed by atoms with Crippen LogP contribution in [0.2, 0.25) is 5.02 Å². The van der Waals surface area contributed by atoms with Gasteiger partial charge < -0.3 is 19.9 Å². The van der Waals surface area contributed by atoms with E-state index in [9.17, 15) is 14.7 Å². The molecular formula is C24H20ClNO5. The summed E-state index contributed by atoms with van der Waals surface area (Å²) in [5.74, 6) is -1.73. The number of halogens is 1. The smallest absolute Gasteiger partial charge is 0.346 e. The number of carbonyl (C=O) groups excluding carboxylic acids is 2. The van der Waals surface area contributed by atoms with Gasteiger partial charge in [0.05, 0.1) is 13.7 Å². The highest BCUT2D eigenvalue weighted by Crippen LogP contribution is 2.51. The molecule has 3 aromatic rings. The quantitative estimate of drug-likeness (QED) is 0.573. The zero-order valence-electron chi connectivity index (χ0n) is 16.7. The van der Waals surface area contributed by atoms with Crippen LogP contribution in [0.25, 0.3) is 0 Å². The Labute approximate surface area is 184 Å². The molecule has 1 heterocycles. The molecule has 3 aromatic carbocycles. The predicted molar refractivity (Wildman–Crippen MR) is 115 cm³/mol. The number of carbonyl (C=O) groups is 2. The third-order valence-corrected chi connectivity index (χ3v) is 5.64. The summed E-state index contributed by atoms with van der Waals surface area (Å²) in [6, 6.07) is 22.1. The van der Waals surface area contributed by atoms with Gasteiger partial charge in [-0.25, -0.2) is 4.79 Å². The van der Waals surface area contributed by atoms with Crippen LogP contribution in [0.1, 0.15) is 16.7 Å². The van der Waals surface area contributed by atoms with Gasteiger partial charge in [0.25, 0.3) is 5.91 Å². The first-order chi connectivity index (χ1) is 14.9. The third-order valence-electron chi connectivity index (χ3n) is 5.41. The Morgan fingerprint density at radius 2 is 1.71 bits per heavy atom. The van der Waals surface area contributed by atoms with E-state index in [1.165, 1.54) is 13.2 Å². The molecule has 0 saturated heterocycles. The van der Waals surface area contributed by atoms with Crippen LogP contribution >= 0.6 is 11.6 Å². The van der Waals surface area contributed by atoms with E-state index < -0.39 is 23.1 Å². The van der Waals surface area contributed by atoms with Gasteiger partial charge in [0.2, 0.25) is 11.2 Å². The summed E-state index contributed by atoms with van der Waals surface area (Å²) in [5.41, 5.74) is -3.14. The van der Waals surface area contributed by atoms with Gasteiger partial charge in [0, 0.05) is 16.3 Å². The van der Waals surface area contributed by atoms with E-state index in [4.69, 9.17) is 21.1 Å². The molecule has 0 aliphatic carbocycles. The highest BCUT2D eigenvalue weighted by molar-refractivity contribution is 6.31. The summed E-state index contributed by atoms with van der Waals surface area (Å²) in [6.07, 6.45) is 0. The van der Waals surface area contributed by atoms with Crippen molar-refractivity contribution in [2.24, 2.45) is 0 Å². The minimum absolute atomic E-state index is 0.0592. The van der Waals surface area contributed by atoms with E-state index in [2.05, 4.69) is 5.32 Å². The number of benzene rings is 3. The van der Waals surface area contributed by atoms with Crippen LogP contribution in [-0.4, -0.2) is 24.1 Å². The van der Waals surface area contributed by atoms with Gasteiger partial charge in [0.1, 0.15) is 0 Å². The number of hydrogen-bond acceptors (Lipinski definition) is 5. The van der Waals surface area contributed by atoms with E-state index in [0.29, 0.717) is 10.7 Å². The number of ether oxygens (including phenoxy) is 2. The molecule has 1 aliphatic heterocycles. The number of methoxy groups -OCH3 is 1. The monoisotopic (exact) mass is 437 g/mol.